The van der Waals surface area contributed by atoms with Crippen LogP contribution in [-0.4, -0.2) is 37.2 Å². The van der Waals surface area contributed by atoms with Crippen LogP contribution in [0.15, 0.2) is 85.1 Å². The Hall–Kier alpha value is -3.41. The first-order chi connectivity index (χ1) is 34.0. The number of carbonyl (C=O) groups excluding carboxylic acids is 3. The summed E-state index contributed by atoms with van der Waals surface area (Å²) in [6, 6.07) is 0. The van der Waals surface area contributed by atoms with Gasteiger partial charge in [-0.2, -0.15) is 0 Å². The molecular formula is C63H108O6. The van der Waals surface area contributed by atoms with Crippen LogP contribution in [0.2, 0.25) is 0 Å². The van der Waals surface area contributed by atoms with Gasteiger partial charge in [-0.3, -0.25) is 14.4 Å². The van der Waals surface area contributed by atoms with Crippen molar-refractivity contribution in [3.8, 4) is 0 Å². The lowest BCUT2D eigenvalue weighted by Crippen LogP contribution is -2.30. The summed E-state index contributed by atoms with van der Waals surface area (Å²) in [4.78, 5) is 38.1. The normalized spacial score (nSPS) is 12.7. The monoisotopic (exact) mass is 961 g/mol. The van der Waals surface area contributed by atoms with E-state index in [1.807, 2.05) is 6.08 Å². The van der Waals surface area contributed by atoms with Crippen LogP contribution in [0.3, 0.4) is 0 Å². The molecule has 6 heteroatoms. The van der Waals surface area contributed by atoms with Crippen LogP contribution in [-0.2, 0) is 28.6 Å². The quantitative estimate of drug-likeness (QED) is 0.0262. The van der Waals surface area contributed by atoms with Crippen molar-refractivity contribution < 1.29 is 28.6 Å². The third kappa shape index (κ3) is 55.4. The van der Waals surface area contributed by atoms with Crippen LogP contribution in [0, 0.1) is 0 Å². The standard InChI is InChI=1S/C63H108O6/c1-4-7-10-13-16-19-22-25-27-29-31-33-35-38-41-44-47-50-53-56-62(65)68-59-60(58-67-61(64)55-52-49-46-43-40-37-24-21-18-15-12-9-6-3)69-63(66)57-54-51-48-45-42-39-36-34-32-30-28-26-23-20-17-14-11-8-5-2/h7,10,16,19,21,24-25,27,31,33,38,41,47,50,60H,4-6,8-9,11-15,17-18,20,22-23,26,28-30,32,34-37,39-40,42-46,48-49,51-59H2,1-3H3/b10-7-,19-16-,24-21-,27-25-,33-31-,41-38-,50-47-. The van der Waals surface area contributed by atoms with E-state index >= 15 is 0 Å². The van der Waals surface area contributed by atoms with Gasteiger partial charge in [0.25, 0.3) is 0 Å². The number of esters is 3. The van der Waals surface area contributed by atoms with Gasteiger partial charge in [0.05, 0.1) is 0 Å². The van der Waals surface area contributed by atoms with Gasteiger partial charge in [-0.15, -0.1) is 0 Å². The minimum Gasteiger partial charge on any atom is -0.462 e. The molecule has 6 nitrogen and oxygen atoms in total. The lowest BCUT2D eigenvalue weighted by Gasteiger charge is -2.18. The van der Waals surface area contributed by atoms with Crippen molar-refractivity contribution in [2.45, 2.75) is 284 Å². The van der Waals surface area contributed by atoms with E-state index in [-0.39, 0.29) is 37.5 Å². The number of ether oxygens (including phenoxy) is 3. The van der Waals surface area contributed by atoms with E-state index < -0.39 is 6.10 Å². The van der Waals surface area contributed by atoms with Crippen molar-refractivity contribution in [3.63, 3.8) is 0 Å². The number of hydrogen-bond donors (Lipinski definition) is 0. The van der Waals surface area contributed by atoms with E-state index in [0.717, 1.165) is 89.9 Å². The Bertz CT molecular complexity index is 1330. The summed E-state index contributed by atoms with van der Waals surface area (Å²) in [6.07, 6.45) is 74.5. The van der Waals surface area contributed by atoms with E-state index in [1.165, 1.54) is 141 Å². The van der Waals surface area contributed by atoms with E-state index in [1.54, 1.807) is 0 Å². The predicted molar refractivity (Wildman–Crippen MR) is 297 cm³/mol. The molecule has 0 fully saturated rings. The maximum absolute atomic E-state index is 12.9. The molecule has 0 bridgehead atoms. The molecule has 1 atom stereocenters. The van der Waals surface area contributed by atoms with Crippen molar-refractivity contribution in [1.82, 2.24) is 0 Å². The van der Waals surface area contributed by atoms with Crippen molar-refractivity contribution in [2.75, 3.05) is 13.2 Å². The number of carbonyl (C=O) groups is 3. The van der Waals surface area contributed by atoms with Crippen LogP contribution in [0.25, 0.3) is 0 Å². The summed E-state index contributed by atoms with van der Waals surface area (Å²) in [6.45, 7) is 6.46. The van der Waals surface area contributed by atoms with Crippen LogP contribution < -0.4 is 0 Å². The Balaban J connectivity index is 4.46. The minimum atomic E-state index is -0.809. The fourth-order valence-electron chi connectivity index (χ4n) is 8.05. The van der Waals surface area contributed by atoms with Gasteiger partial charge in [-0.05, 0) is 83.5 Å². The molecule has 0 aromatic carbocycles. The average Bonchev–Trinajstić information content (AvgIpc) is 3.35. The second kappa shape index (κ2) is 57.2. The Kier molecular flexibility index (Phi) is 54.3. The molecule has 0 saturated heterocycles. The molecule has 0 N–H and O–H groups in total. The third-order valence-electron chi connectivity index (χ3n) is 12.4. The summed E-state index contributed by atoms with van der Waals surface area (Å²) in [5.41, 5.74) is 0. The summed E-state index contributed by atoms with van der Waals surface area (Å²) in [5.74, 6) is -0.989. The first-order valence-corrected chi connectivity index (χ1v) is 29.1. The molecule has 0 aliphatic heterocycles. The third-order valence-corrected chi connectivity index (χ3v) is 12.4. The lowest BCUT2D eigenvalue weighted by atomic mass is 10.0. The van der Waals surface area contributed by atoms with Crippen LogP contribution in [0.4, 0.5) is 0 Å². The highest BCUT2D eigenvalue weighted by Crippen LogP contribution is 2.16. The largest absolute Gasteiger partial charge is 0.462 e. The minimum absolute atomic E-state index is 0.102. The maximum atomic E-state index is 12.9. The Morgan fingerprint density at radius 2 is 0.594 bits per heavy atom. The fraction of sp³-hybridized carbons (Fsp3) is 0.730. The van der Waals surface area contributed by atoms with E-state index in [4.69, 9.17) is 14.2 Å². The van der Waals surface area contributed by atoms with Crippen molar-refractivity contribution >= 4 is 17.9 Å². The second-order valence-corrected chi connectivity index (χ2v) is 19.2. The summed E-state index contributed by atoms with van der Waals surface area (Å²) in [7, 11) is 0. The molecule has 396 valence electrons. The molecule has 0 aromatic rings. The second-order valence-electron chi connectivity index (χ2n) is 19.2. The average molecular weight is 962 g/mol. The van der Waals surface area contributed by atoms with Gasteiger partial charge in [0.1, 0.15) is 13.2 Å². The highest BCUT2D eigenvalue weighted by Gasteiger charge is 2.19. The Labute approximate surface area is 426 Å². The van der Waals surface area contributed by atoms with Gasteiger partial charge in [-0.25, -0.2) is 0 Å². The van der Waals surface area contributed by atoms with E-state index in [9.17, 15) is 14.4 Å². The summed E-state index contributed by atoms with van der Waals surface area (Å²) in [5, 5.41) is 0. The molecule has 0 aliphatic rings. The number of allylic oxidation sites excluding steroid dienone is 14. The molecule has 0 aromatic heterocycles. The molecule has 0 radical (unpaired) electrons. The first kappa shape index (κ1) is 65.6. The fourth-order valence-corrected chi connectivity index (χ4v) is 8.05. The summed E-state index contributed by atoms with van der Waals surface area (Å²) >= 11 is 0. The van der Waals surface area contributed by atoms with Crippen molar-refractivity contribution in [3.05, 3.63) is 85.1 Å². The Morgan fingerprint density at radius 1 is 0.304 bits per heavy atom. The molecule has 0 spiro atoms. The maximum Gasteiger partial charge on any atom is 0.306 e. The molecular weight excluding hydrogens is 853 g/mol. The molecule has 0 heterocycles. The zero-order chi connectivity index (χ0) is 50.0. The zero-order valence-corrected chi connectivity index (χ0v) is 45.3. The van der Waals surface area contributed by atoms with Crippen LogP contribution in [0.5, 0.6) is 0 Å². The van der Waals surface area contributed by atoms with Gasteiger partial charge in [0.2, 0.25) is 0 Å². The highest BCUT2D eigenvalue weighted by molar-refractivity contribution is 5.71. The van der Waals surface area contributed by atoms with Crippen molar-refractivity contribution in [1.29, 1.82) is 0 Å². The number of unbranched alkanes of at least 4 members (excludes halogenated alkanes) is 27. The summed E-state index contributed by atoms with van der Waals surface area (Å²) < 4.78 is 16.8. The zero-order valence-electron chi connectivity index (χ0n) is 45.3. The van der Waals surface area contributed by atoms with Gasteiger partial charge in [-0.1, -0.05) is 260 Å². The number of rotatable bonds is 52. The SMILES string of the molecule is CC/C=C\C/C=C\C/C=C\C/C=C\C/C=C\C/C=C\CCC(=O)OCC(COC(=O)CCCCCCC/C=C\CCCCCC)OC(=O)CCCCCCCCCCCCCCCCCCCCC. The lowest BCUT2D eigenvalue weighted by molar-refractivity contribution is -0.166. The van der Waals surface area contributed by atoms with Gasteiger partial charge in [0.15, 0.2) is 6.10 Å². The topological polar surface area (TPSA) is 78.9 Å². The molecule has 0 aliphatic carbocycles. The van der Waals surface area contributed by atoms with Gasteiger partial charge < -0.3 is 14.2 Å². The molecule has 1 unspecified atom stereocenters. The molecule has 69 heavy (non-hydrogen) atoms. The van der Waals surface area contributed by atoms with E-state index in [2.05, 4.69) is 99.8 Å². The predicted octanol–water partition coefficient (Wildman–Crippen LogP) is 19.5. The van der Waals surface area contributed by atoms with Gasteiger partial charge >= 0.3 is 17.9 Å². The number of hydrogen-bond acceptors (Lipinski definition) is 6. The van der Waals surface area contributed by atoms with E-state index in [0.29, 0.717) is 19.3 Å². The molecule has 0 saturated carbocycles. The smallest absolute Gasteiger partial charge is 0.306 e. The van der Waals surface area contributed by atoms with Crippen LogP contribution >= 0.6 is 0 Å². The highest BCUT2D eigenvalue weighted by atomic mass is 16.6. The Morgan fingerprint density at radius 3 is 0.986 bits per heavy atom. The molecule has 0 rings (SSSR count). The van der Waals surface area contributed by atoms with Gasteiger partial charge in [0, 0.05) is 19.3 Å². The first-order valence-electron chi connectivity index (χ1n) is 29.1. The van der Waals surface area contributed by atoms with Crippen molar-refractivity contribution in [2.24, 2.45) is 0 Å². The molecule has 0 amide bonds. The van der Waals surface area contributed by atoms with Crippen LogP contribution in [0.1, 0.15) is 278 Å².